The second-order valence-corrected chi connectivity index (χ2v) is 4.52. The van der Waals surface area contributed by atoms with E-state index in [-0.39, 0.29) is 18.0 Å². The van der Waals surface area contributed by atoms with E-state index in [9.17, 15) is 4.79 Å². The van der Waals surface area contributed by atoms with Gasteiger partial charge in [0.25, 0.3) is 0 Å². The lowest BCUT2D eigenvalue weighted by molar-refractivity contribution is -0.135. The normalized spacial score (nSPS) is 11.4. The van der Waals surface area contributed by atoms with Gasteiger partial charge in [0, 0.05) is 11.1 Å². The number of hydrogen-bond donors (Lipinski definition) is 2. The minimum atomic E-state index is -0.707. The number of thioether (sulfide) groups is 1. The predicted molar refractivity (Wildman–Crippen MR) is 64.2 cm³/mol. The maximum Gasteiger partial charge on any atom is 0.362 e. The number of nitrogen functional groups attached to an aromatic ring is 1. The number of carbonyl (C=O) groups is 1. The number of ether oxygens (including phenoxy) is 1. The molecule has 0 aromatic carbocycles. The van der Waals surface area contributed by atoms with Crippen molar-refractivity contribution in [1.29, 1.82) is 0 Å². The summed E-state index contributed by atoms with van der Waals surface area (Å²) in [6.07, 6.45) is 1.90. The van der Waals surface area contributed by atoms with Crippen molar-refractivity contribution in [1.82, 2.24) is 4.98 Å². The van der Waals surface area contributed by atoms with Gasteiger partial charge in [-0.1, -0.05) is 5.16 Å². The number of hydrogen-bond acceptors (Lipinski definition) is 8. The van der Waals surface area contributed by atoms with Crippen LogP contribution in [0.2, 0.25) is 0 Å². The molecule has 0 radical (unpaired) electrons. The van der Waals surface area contributed by atoms with Gasteiger partial charge in [-0.15, -0.1) is 11.3 Å². The maximum atomic E-state index is 11.5. The number of thiazole rings is 1. The average molecular weight is 261 g/mol. The number of carbonyl (C=O) groups excluding carboxylic acids is 1. The van der Waals surface area contributed by atoms with E-state index in [2.05, 4.69) is 10.1 Å². The molecule has 0 bridgehead atoms. The lowest BCUT2D eigenvalue weighted by Gasteiger charge is -2.02. The summed E-state index contributed by atoms with van der Waals surface area (Å²) in [5, 5.41) is 13.4. The fraction of sp³-hybridized carbons (Fsp3) is 0.375. The first-order valence-electron chi connectivity index (χ1n) is 4.28. The summed E-state index contributed by atoms with van der Waals surface area (Å²) in [7, 11) is 0. The van der Waals surface area contributed by atoms with Gasteiger partial charge in [0.15, 0.2) is 5.13 Å². The van der Waals surface area contributed by atoms with Crippen LogP contribution in [0.3, 0.4) is 0 Å². The molecule has 1 aromatic rings. The van der Waals surface area contributed by atoms with Crippen molar-refractivity contribution >= 4 is 39.9 Å². The molecule has 0 saturated heterocycles. The Kier molecular flexibility index (Phi) is 5.06. The average Bonchev–Trinajstić information content (AvgIpc) is 2.66. The summed E-state index contributed by atoms with van der Waals surface area (Å²) in [6.45, 7) is 0.263. The molecule has 1 heterocycles. The number of anilines is 1. The Balaban J connectivity index is 2.65. The van der Waals surface area contributed by atoms with Crippen molar-refractivity contribution < 1.29 is 14.7 Å². The third kappa shape index (κ3) is 3.38. The Labute approximate surface area is 100 Å². The predicted octanol–water partition coefficient (Wildman–Crippen LogP) is 0.810. The lowest BCUT2D eigenvalue weighted by atomic mass is 10.3. The minimum absolute atomic E-state index is 0.221. The van der Waals surface area contributed by atoms with E-state index in [1.807, 2.05) is 6.26 Å². The van der Waals surface area contributed by atoms with Crippen LogP contribution in [0.4, 0.5) is 5.13 Å². The van der Waals surface area contributed by atoms with Crippen molar-refractivity contribution in [3.63, 3.8) is 0 Å². The molecule has 8 heteroatoms. The molecule has 0 atom stereocenters. The standard InChI is InChI=1S/C8H11N3O3S2/c1-15-3-2-14-7(12)6(11-13)5-4-16-8(9)10-5/h4,13H,2-3H2,1H3,(H2,9,10)/b11-6-. The molecule has 16 heavy (non-hydrogen) atoms. The highest BCUT2D eigenvalue weighted by atomic mass is 32.2. The minimum Gasteiger partial charge on any atom is -0.460 e. The highest BCUT2D eigenvalue weighted by molar-refractivity contribution is 7.98. The zero-order chi connectivity index (χ0) is 12.0. The molecule has 3 N–H and O–H groups in total. The summed E-state index contributed by atoms with van der Waals surface area (Å²) in [5.41, 5.74) is 5.40. The molecule has 0 spiro atoms. The molecule has 0 saturated carbocycles. The number of nitrogens with two attached hydrogens (primary N) is 1. The van der Waals surface area contributed by atoms with Gasteiger partial charge < -0.3 is 15.7 Å². The van der Waals surface area contributed by atoms with Crippen LogP contribution in [0, 0.1) is 0 Å². The van der Waals surface area contributed by atoms with Crippen LogP contribution < -0.4 is 5.73 Å². The molecule has 0 fully saturated rings. The van der Waals surface area contributed by atoms with E-state index in [4.69, 9.17) is 15.7 Å². The smallest absolute Gasteiger partial charge is 0.362 e. The van der Waals surface area contributed by atoms with Crippen LogP contribution in [0.1, 0.15) is 5.69 Å². The Morgan fingerprint density at radius 1 is 1.81 bits per heavy atom. The Morgan fingerprint density at radius 2 is 2.56 bits per heavy atom. The van der Waals surface area contributed by atoms with Gasteiger partial charge >= 0.3 is 5.97 Å². The van der Waals surface area contributed by atoms with Gasteiger partial charge in [-0.2, -0.15) is 11.8 Å². The fourth-order valence-electron chi connectivity index (χ4n) is 0.879. The summed E-state index contributed by atoms with van der Waals surface area (Å²) in [6, 6.07) is 0. The van der Waals surface area contributed by atoms with Crippen LogP contribution in [-0.4, -0.2) is 40.5 Å². The first-order valence-corrected chi connectivity index (χ1v) is 6.56. The number of nitrogens with zero attached hydrogens (tertiary/aromatic N) is 2. The fourth-order valence-corrected chi connectivity index (χ4v) is 1.68. The third-order valence-electron chi connectivity index (χ3n) is 1.58. The molecule has 0 aliphatic carbocycles. The van der Waals surface area contributed by atoms with Gasteiger partial charge in [0.1, 0.15) is 12.3 Å². The molecule has 1 rings (SSSR count). The Morgan fingerprint density at radius 3 is 3.06 bits per heavy atom. The zero-order valence-corrected chi connectivity index (χ0v) is 10.2. The molecule has 0 amide bonds. The summed E-state index contributed by atoms with van der Waals surface area (Å²) in [5.74, 6) is -0.0224. The highest BCUT2D eigenvalue weighted by Gasteiger charge is 2.19. The van der Waals surface area contributed by atoms with Crippen LogP contribution >= 0.6 is 23.1 Å². The summed E-state index contributed by atoms with van der Waals surface area (Å²) < 4.78 is 4.87. The first-order chi connectivity index (χ1) is 7.69. The number of esters is 1. The third-order valence-corrected chi connectivity index (χ3v) is 2.83. The first kappa shape index (κ1) is 12.8. The lowest BCUT2D eigenvalue weighted by Crippen LogP contribution is -2.20. The largest absolute Gasteiger partial charge is 0.460 e. The van der Waals surface area contributed by atoms with Crippen molar-refractivity contribution in [3.05, 3.63) is 11.1 Å². The van der Waals surface area contributed by atoms with Crippen LogP contribution in [0.5, 0.6) is 0 Å². The quantitative estimate of drug-likeness (QED) is 0.267. The molecular weight excluding hydrogens is 250 g/mol. The van der Waals surface area contributed by atoms with Crippen molar-refractivity contribution in [2.75, 3.05) is 24.3 Å². The molecular formula is C8H11N3O3S2. The van der Waals surface area contributed by atoms with Gasteiger partial charge in [0.05, 0.1) is 0 Å². The van der Waals surface area contributed by atoms with Crippen LogP contribution in [0.15, 0.2) is 10.5 Å². The number of rotatable bonds is 5. The zero-order valence-electron chi connectivity index (χ0n) is 8.54. The Hall–Kier alpha value is -1.28. The molecule has 1 aromatic heterocycles. The van der Waals surface area contributed by atoms with Crippen LogP contribution in [-0.2, 0) is 9.53 Å². The number of oxime groups is 1. The van der Waals surface area contributed by atoms with E-state index in [0.29, 0.717) is 10.9 Å². The molecule has 6 nitrogen and oxygen atoms in total. The monoisotopic (exact) mass is 261 g/mol. The van der Waals surface area contributed by atoms with Crippen molar-refractivity contribution in [2.24, 2.45) is 5.16 Å². The van der Waals surface area contributed by atoms with Crippen molar-refractivity contribution in [2.45, 2.75) is 0 Å². The van der Waals surface area contributed by atoms with E-state index >= 15 is 0 Å². The molecule has 0 unspecified atom stereocenters. The van der Waals surface area contributed by atoms with E-state index in [0.717, 1.165) is 11.3 Å². The number of aromatic nitrogens is 1. The SMILES string of the molecule is CSCCOC(=O)/C(=N\O)c1csc(N)n1. The second kappa shape index (κ2) is 6.33. The van der Waals surface area contributed by atoms with E-state index in [1.54, 1.807) is 11.8 Å². The summed E-state index contributed by atoms with van der Waals surface area (Å²) >= 11 is 2.71. The summed E-state index contributed by atoms with van der Waals surface area (Å²) in [4.78, 5) is 15.3. The molecule has 88 valence electrons. The molecule has 0 aliphatic heterocycles. The molecule has 0 aliphatic rings. The van der Waals surface area contributed by atoms with Gasteiger partial charge in [-0.05, 0) is 6.26 Å². The second-order valence-electron chi connectivity index (χ2n) is 2.65. The van der Waals surface area contributed by atoms with Gasteiger partial charge in [0.2, 0.25) is 5.71 Å². The van der Waals surface area contributed by atoms with Gasteiger partial charge in [-0.3, -0.25) is 0 Å². The van der Waals surface area contributed by atoms with Crippen LogP contribution in [0.25, 0.3) is 0 Å². The topological polar surface area (TPSA) is 97.8 Å². The maximum absolute atomic E-state index is 11.5. The highest BCUT2D eigenvalue weighted by Crippen LogP contribution is 2.12. The van der Waals surface area contributed by atoms with E-state index in [1.165, 1.54) is 5.38 Å². The van der Waals surface area contributed by atoms with Gasteiger partial charge in [-0.25, -0.2) is 9.78 Å². The Bertz CT molecular complexity index is 392. The van der Waals surface area contributed by atoms with Crippen molar-refractivity contribution in [3.8, 4) is 0 Å². The van der Waals surface area contributed by atoms with E-state index < -0.39 is 5.97 Å².